The number of aryl methyl sites for hydroxylation is 2. The van der Waals surface area contributed by atoms with E-state index in [0.29, 0.717) is 17.3 Å². The Morgan fingerprint density at radius 2 is 2.06 bits per heavy atom. The summed E-state index contributed by atoms with van der Waals surface area (Å²) in [5.41, 5.74) is 9.25. The van der Waals surface area contributed by atoms with Crippen molar-refractivity contribution in [1.29, 1.82) is 0 Å². The number of anilines is 1. The second-order valence-corrected chi connectivity index (χ2v) is 4.16. The molecule has 0 saturated carbocycles. The number of aromatic nitrogens is 5. The van der Waals surface area contributed by atoms with E-state index in [2.05, 4.69) is 20.2 Å². The minimum absolute atomic E-state index is 0.576. The summed E-state index contributed by atoms with van der Waals surface area (Å²) in [5.74, 6) is 1.27. The molecule has 6 nitrogen and oxygen atoms in total. The Hall–Kier alpha value is -2.50. The summed E-state index contributed by atoms with van der Waals surface area (Å²) in [6.07, 6.45) is 3.29. The highest BCUT2D eigenvalue weighted by Crippen LogP contribution is 2.24. The summed E-state index contributed by atoms with van der Waals surface area (Å²) in [7, 11) is 0. The summed E-state index contributed by atoms with van der Waals surface area (Å²) >= 11 is 0. The smallest absolute Gasteiger partial charge is 0.255 e. The molecule has 0 unspecified atom stereocenters. The lowest BCUT2D eigenvalue weighted by atomic mass is 10.2. The van der Waals surface area contributed by atoms with Crippen LogP contribution < -0.4 is 5.73 Å². The molecule has 0 amide bonds. The van der Waals surface area contributed by atoms with Gasteiger partial charge in [0, 0.05) is 23.1 Å². The Balaban J connectivity index is 2.35. The number of hydrogen-bond donors (Lipinski definition) is 1. The Labute approximate surface area is 104 Å². The first-order chi connectivity index (χ1) is 8.66. The van der Waals surface area contributed by atoms with Gasteiger partial charge in [-0.15, -0.1) is 10.2 Å². The summed E-state index contributed by atoms with van der Waals surface area (Å²) in [5, 5.41) is 8.25. The van der Waals surface area contributed by atoms with Crippen molar-refractivity contribution in [3.63, 3.8) is 0 Å². The van der Waals surface area contributed by atoms with Crippen molar-refractivity contribution in [2.75, 3.05) is 5.73 Å². The molecule has 3 rings (SSSR count). The molecule has 0 aromatic carbocycles. The SMILES string of the molecule is Cc1cc(C)n2c(-c3ccncc3N)nnc2n1. The van der Waals surface area contributed by atoms with Crippen LogP contribution in [0.5, 0.6) is 0 Å². The average Bonchev–Trinajstić information content (AvgIpc) is 2.73. The molecule has 0 spiro atoms. The van der Waals surface area contributed by atoms with Crippen LogP contribution in [0.2, 0.25) is 0 Å². The molecule has 3 aromatic rings. The van der Waals surface area contributed by atoms with E-state index in [-0.39, 0.29) is 0 Å². The number of nitrogens with zero attached hydrogens (tertiary/aromatic N) is 5. The Kier molecular flexibility index (Phi) is 2.22. The van der Waals surface area contributed by atoms with E-state index in [9.17, 15) is 0 Å². The van der Waals surface area contributed by atoms with E-state index >= 15 is 0 Å². The molecule has 18 heavy (non-hydrogen) atoms. The van der Waals surface area contributed by atoms with E-state index in [1.165, 1.54) is 0 Å². The van der Waals surface area contributed by atoms with Gasteiger partial charge in [-0.05, 0) is 26.0 Å². The van der Waals surface area contributed by atoms with Crippen LogP contribution >= 0.6 is 0 Å². The van der Waals surface area contributed by atoms with Crippen LogP contribution in [-0.4, -0.2) is 24.6 Å². The van der Waals surface area contributed by atoms with Crippen LogP contribution in [0.1, 0.15) is 11.4 Å². The van der Waals surface area contributed by atoms with Crippen LogP contribution in [0.4, 0.5) is 5.69 Å². The van der Waals surface area contributed by atoms with Gasteiger partial charge in [-0.2, -0.15) is 0 Å². The van der Waals surface area contributed by atoms with Gasteiger partial charge < -0.3 is 5.73 Å². The molecule has 0 atom stereocenters. The number of nitrogen functional groups attached to an aromatic ring is 1. The van der Waals surface area contributed by atoms with Crippen LogP contribution in [0, 0.1) is 13.8 Å². The van der Waals surface area contributed by atoms with Crippen molar-refractivity contribution in [2.45, 2.75) is 13.8 Å². The number of nitrogens with two attached hydrogens (primary N) is 1. The first kappa shape index (κ1) is 10.6. The topological polar surface area (TPSA) is 82.0 Å². The standard InChI is InChI=1S/C12H12N6/c1-7-5-8(2)18-11(16-17-12(18)15-7)9-3-4-14-6-10(9)13/h3-6H,13H2,1-2H3. The fourth-order valence-electron chi connectivity index (χ4n) is 2.01. The molecule has 2 N–H and O–H groups in total. The van der Waals surface area contributed by atoms with Crippen molar-refractivity contribution < 1.29 is 0 Å². The van der Waals surface area contributed by atoms with Gasteiger partial charge in [0.25, 0.3) is 5.78 Å². The van der Waals surface area contributed by atoms with Gasteiger partial charge in [0.1, 0.15) is 0 Å². The fraction of sp³-hybridized carbons (Fsp3) is 0.167. The molecule has 0 radical (unpaired) electrons. The minimum atomic E-state index is 0.576. The van der Waals surface area contributed by atoms with Crippen LogP contribution in [0.3, 0.4) is 0 Å². The first-order valence-corrected chi connectivity index (χ1v) is 5.56. The second kappa shape index (κ2) is 3.76. The zero-order valence-corrected chi connectivity index (χ0v) is 10.1. The third kappa shape index (κ3) is 1.50. The van der Waals surface area contributed by atoms with Gasteiger partial charge in [-0.25, -0.2) is 4.98 Å². The summed E-state index contributed by atoms with van der Waals surface area (Å²) in [6, 6.07) is 3.81. The van der Waals surface area contributed by atoms with Gasteiger partial charge in [0.05, 0.1) is 11.9 Å². The van der Waals surface area contributed by atoms with E-state index in [1.54, 1.807) is 12.4 Å². The van der Waals surface area contributed by atoms with E-state index in [1.807, 2.05) is 30.4 Å². The highest BCUT2D eigenvalue weighted by Gasteiger charge is 2.13. The first-order valence-electron chi connectivity index (χ1n) is 5.56. The van der Waals surface area contributed by atoms with Crippen molar-refractivity contribution in [3.05, 3.63) is 35.9 Å². The zero-order valence-electron chi connectivity index (χ0n) is 10.1. The summed E-state index contributed by atoms with van der Waals surface area (Å²) in [6.45, 7) is 3.92. The maximum atomic E-state index is 5.92. The van der Waals surface area contributed by atoms with E-state index < -0.39 is 0 Å². The van der Waals surface area contributed by atoms with Crippen molar-refractivity contribution in [1.82, 2.24) is 24.6 Å². The lowest BCUT2D eigenvalue weighted by Gasteiger charge is -2.05. The predicted molar refractivity (Wildman–Crippen MR) is 67.9 cm³/mol. The maximum absolute atomic E-state index is 5.92. The fourth-order valence-corrected chi connectivity index (χ4v) is 2.01. The highest BCUT2D eigenvalue weighted by atomic mass is 15.3. The number of hydrogen-bond acceptors (Lipinski definition) is 5. The quantitative estimate of drug-likeness (QED) is 0.695. The van der Waals surface area contributed by atoms with Crippen LogP contribution in [-0.2, 0) is 0 Å². The molecule has 90 valence electrons. The molecule has 0 bridgehead atoms. The maximum Gasteiger partial charge on any atom is 0.255 e. The Morgan fingerprint density at radius 1 is 1.22 bits per heavy atom. The number of pyridine rings is 1. The largest absolute Gasteiger partial charge is 0.397 e. The summed E-state index contributed by atoms with van der Waals surface area (Å²) in [4.78, 5) is 8.32. The van der Waals surface area contributed by atoms with Crippen LogP contribution in [0.25, 0.3) is 17.2 Å². The summed E-state index contributed by atoms with van der Waals surface area (Å²) < 4.78 is 1.89. The zero-order chi connectivity index (χ0) is 12.7. The highest BCUT2D eigenvalue weighted by molar-refractivity contribution is 5.71. The van der Waals surface area contributed by atoms with Crippen LogP contribution in [0.15, 0.2) is 24.5 Å². The van der Waals surface area contributed by atoms with Crippen molar-refractivity contribution in [2.24, 2.45) is 0 Å². The average molecular weight is 240 g/mol. The molecular weight excluding hydrogens is 228 g/mol. The molecule has 3 aromatic heterocycles. The molecule has 0 aliphatic carbocycles. The molecule has 6 heteroatoms. The molecule has 0 aliphatic heterocycles. The Morgan fingerprint density at radius 3 is 2.83 bits per heavy atom. The van der Waals surface area contributed by atoms with Crippen molar-refractivity contribution in [3.8, 4) is 11.4 Å². The lowest BCUT2D eigenvalue weighted by Crippen LogP contribution is -2.00. The third-order valence-corrected chi connectivity index (χ3v) is 2.79. The molecule has 0 fully saturated rings. The minimum Gasteiger partial charge on any atom is -0.397 e. The second-order valence-electron chi connectivity index (χ2n) is 4.16. The van der Waals surface area contributed by atoms with E-state index in [4.69, 9.17) is 5.73 Å². The van der Waals surface area contributed by atoms with Gasteiger partial charge in [0.2, 0.25) is 0 Å². The van der Waals surface area contributed by atoms with Gasteiger partial charge in [-0.1, -0.05) is 0 Å². The monoisotopic (exact) mass is 240 g/mol. The normalized spacial score (nSPS) is 11.0. The van der Waals surface area contributed by atoms with Crippen molar-refractivity contribution >= 4 is 11.5 Å². The lowest BCUT2D eigenvalue weighted by molar-refractivity contribution is 1.02. The molecule has 0 aliphatic rings. The Bertz CT molecular complexity index is 731. The molecular formula is C12H12N6. The van der Waals surface area contributed by atoms with Gasteiger partial charge >= 0.3 is 0 Å². The number of rotatable bonds is 1. The molecule has 0 saturated heterocycles. The van der Waals surface area contributed by atoms with Gasteiger partial charge in [0.15, 0.2) is 5.82 Å². The molecule has 3 heterocycles. The number of fused-ring (bicyclic) bond motifs is 1. The predicted octanol–water partition coefficient (Wildman–Crippen LogP) is 1.39. The van der Waals surface area contributed by atoms with Gasteiger partial charge in [-0.3, -0.25) is 9.38 Å². The van der Waals surface area contributed by atoms with E-state index in [0.717, 1.165) is 17.0 Å². The third-order valence-electron chi connectivity index (χ3n) is 2.79.